The van der Waals surface area contributed by atoms with Crippen LogP contribution in [0.3, 0.4) is 0 Å². The van der Waals surface area contributed by atoms with E-state index >= 15 is 0 Å². The third kappa shape index (κ3) is 6.23. The zero-order valence-electron chi connectivity index (χ0n) is 18.7. The topological polar surface area (TPSA) is 76.1 Å². The molecule has 168 valence electrons. The highest BCUT2D eigenvalue weighted by Gasteiger charge is 2.10. The van der Waals surface area contributed by atoms with Crippen molar-refractivity contribution in [2.45, 2.75) is 25.2 Å². The summed E-state index contributed by atoms with van der Waals surface area (Å²) in [6.45, 7) is 3.17. The van der Waals surface area contributed by atoms with Crippen molar-refractivity contribution in [3.63, 3.8) is 0 Å². The molecular formula is C26H26N4O2S. The fourth-order valence-electron chi connectivity index (χ4n) is 3.27. The number of carbonyl (C=O) groups is 1. The van der Waals surface area contributed by atoms with Crippen molar-refractivity contribution < 1.29 is 9.53 Å². The number of aryl methyl sites for hydroxylation is 1. The van der Waals surface area contributed by atoms with E-state index in [0.29, 0.717) is 18.2 Å². The van der Waals surface area contributed by atoms with Crippen molar-refractivity contribution in [2.24, 2.45) is 0 Å². The minimum absolute atomic E-state index is 0.0509. The van der Waals surface area contributed by atoms with Crippen molar-refractivity contribution in [3.8, 4) is 5.75 Å². The summed E-state index contributed by atoms with van der Waals surface area (Å²) < 4.78 is 5.22. The van der Waals surface area contributed by atoms with E-state index in [2.05, 4.69) is 20.6 Å². The van der Waals surface area contributed by atoms with Crippen molar-refractivity contribution >= 4 is 34.4 Å². The van der Waals surface area contributed by atoms with Gasteiger partial charge in [-0.2, -0.15) is 0 Å². The molecule has 0 unspecified atom stereocenters. The standard InChI is InChI=1S/C26H26N4O2S/c1-18-7-9-19(10-8-18)15-27-24(31)17-33-26-29-23-6-4-3-5-22(23)25(30-26)28-16-20-11-13-21(32-2)14-12-20/h3-14H,15-17H2,1-2H3,(H,27,31)(H,28,29,30). The fourth-order valence-corrected chi connectivity index (χ4v) is 3.95. The van der Waals surface area contributed by atoms with Crippen LogP contribution in [0.2, 0.25) is 0 Å². The van der Waals surface area contributed by atoms with Crippen LogP contribution < -0.4 is 15.4 Å². The molecule has 33 heavy (non-hydrogen) atoms. The molecular weight excluding hydrogens is 432 g/mol. The summed E-state index contributed by atoms with van der Waals surface area (Å²) in [4.78, 5) is 21.7. The lowest BCUT2D eigenvalue weighted by Gasteiger charge is -2.11. The first-order valence-corrected chi connectivity index (χ1v) is 11.7. The average molecular weight is 459 g/mol. The van der Waals surface area contributed by atoms with Gasteiger partial charge < -0.3 is 15.4 Å². The van der Waals surface area contributed by atoms with Crippen LogP contribution in [0.4, 0.5) is 5.82 Å². The maximum atomic E-state index is 12.4. The number of anilines is 1. The molecule has 2 N–H and O–H groups in total. The number of methoxy groups -OCH3 is 1. The van der Waals surface area contributed by atoms with Gasteiger partial charge in [-0.3, -0.25) is 4.79 Å². The van der Waals surface area contributed by atoms with Gasteiger partial charge in [-0.25, -0.2) is 9.97 Å². The molecule has 3 aromatic carbocycles. The molecule has 1 aromatic heterocycles. The van der Waals surface area contributed by atoms with Crippen LogP contribution in [-0.4, -0.2) is 28.7 Å². The normalized spacial score (nSPS) is 10.7. The zero-order chi connectivity index (χ0) is 23.0. The Morgan fingerprint density at radius 1 is 0.909 bits per heavy atom. The van der Waals surface area contributed by atoms with Gasteiger partial charge in [-0.15, -0.1) is 0 Å². The van der Waals surface area contributed by atoms with Crippen molar-refractivity contribution in [1.82, 2.24) is 15.3 Å². The number of benzene rings is 3. The molecule has 1 amide bonds. The van der Waals surface area contributed by atoms with Gasteiger partial charge in [0.25, 0.3) is 0 Å². The molecule has 0 spiro atoms. The van der Waals surface area contributed by atoms with Crippen LogP contribution in [0.15, 0.2) is 78.0 Å². The molecule has 0 aliphatic heterocycles. The van der Waals surface area contributed by atoms with E-state index in [1.807, 2.05) is 79.7 Å². The monoisotopic (exact) mass is 458 g/mol. The van der Waals surface area contributed by atoms with Gasteiger partial charge in [0.1, 0.15) is 11.6 Å². The zero-order valence-corrected chi connectivity index (χ0v) is 19.5. The van der Waals surface area contributed by atoms with Gasteiger partial charge in [-0.1, -0.05) is 65.9 Å². The summed E-state index contributed by atoms with van der Waals surface area (Å²) in [6.07, 6.45) is 0. The first-order chi connectivity index (χ1) is 16.1. The molecule has 0 aliphatic carbocycles. The summed E-state index contributed by atoms with van der Waals surface area (Å²) in [5.74, 6) is 1.77. The van der Waals surface area contributed by atoms with Crippen LogP contribution in [0, 0.1) is 6.92 Å². The molecule has 0 aliphatic rings. The number of ether oxygens (including phenoxy) is 1. The van der Waals surface area contributed by atoms with Gasteiger partial charge >= 0.3 is 0 Å². The van der Waals surface area contributed by atoms with E-state index in [0.717, 1.165) is 33.6 Å². The number of rotatable bonds is 9. The lowest BCUT2D eigenvalue weighted by Crippen LogP contribution is -2.24. The minimum atomic E-state index is -0.0509. The fraction of sp³-hybridized carbons (Fsp3) is 0.192. The molecule has 0 atom stereocenters. The predicted molar refractivity (Wildman–Crippen MR) is 134 cm³/mol. The minimum Gasteiger partial charge on any atom is -0.497 e. The van der Waals surface area contributed by atoms with Crippen molar-refractivity contribution in [2.75, 3.05) is 18.2 Å². The van der Waals surface area contributed by atoms with E-state index in [1.165, 1.54) is 17.3 Å². The van der Waals surface area contributed by atoms with Gasteiger partial charge in [0.05, 0.1) is 18.4 Å². The lowest BCUT2D eigenvalue weighted by atomic mass is 10.1. The average Bonchev–Trinajstić information content (AvgIpc) is 2.86. The Labute approximate surface area is 197 Å². The first-order valence-electron chi connectivity index (χ1n) is 10.7. The van der Waals surface area contributed by atoms with Crippen LogP contribution in [0.25, 0.3) is 10.9 Å². The van der Waals surface area contributed by atoms with Gasteiger partial charge in [-0.05, 0) is 42.3 Å². The summed E-state index contributed by atoms with van der Waals surface area (Å²) in [7, 11) is 1.66. The summed E-state index contributed by atoms with van der Waals surface area (Å²) in [6, 6.07) is 23.9. The summed E-state index contributed by atoms with van der Waals surface area (Å²) in [5.41, 5.74) is 4.23. The maximum Gasteiger partial charge on any atom is 0.230 e. The molecule has 0 radical (unpaired) electrons. The second kappa shape index (κ2) is 10.8. The number of fused-ring (bicyclic) bond motifs is 1. The number of nitrogens with one attached hydrogen (secondary N) is 2. The largest absolute Gasteiger partial charge is 0.497 e. The van der Waals surface area contributed by atoms with E-state index in [4.69, 9.17) is 4.74 Å². The van der Waals surface area contributed by atoms with Gasteiger partial charge in [0.15, 0.2) is 5.16 Å². The second-order valence-corrected chi connectivity index (χ2v) is 8.57. The Hall–Kier alpha value is -3.58. The molecule has 0 saturated heterocycles. The molecule has 7 heteroatoms. The number of hydrogen-bond acceptors (Lipinski definition) is 6. The SMILES string of the molecule is COc1ccc(CNc2nc(SCC(=O)NCc3ccc(C)cc3)nc3ccccc23)cc1. The Bertz CT molecular complexity index is 1230. The Morgan fingerprint density at radius 3 is 2.36 bits per heavy atom. The van der Waals surface area contributed by atoms with E-state index < -0.39 is 0 Å². The number of carbonyl (C=O) groups excluding carboxylic acids is 1. The number of thioether (sulfide) groups is 1. The van der Waals surface area contributed by atoms with Crippen molar-refractivity contribution in [3.05, 3.63) is 89.5 Å². The molecule has 1 heterocycles. The summed E-state index contributed by atoms with van der Waals surface area (Å²) in [5, 5.41) is 7.88. The number of para-hydroxylation sites is 1. The quantitative estimate of drug-likeness (QED) is 0.273. The molecule has 6 nitrogen and oxygen atoms in total. The number of hydrogen-bond donors (Lipinski definition) is 2. The first kappa shape index (κ1) is 22.6. The Morgan fingerprint density at radius 2 is 1.61 bits per heavy atom. The maximum absolute atomic E-state index is 12.4. The smallest absolute Gasteiger partial charge is 0.230 e. The van der Waals surface area contributed by atoms with Crippen molar-refractivity contribution in [1.29, 1.82) is 0 Å². The third-order valence-corrected chi connectivity index (χ3v) is 5.99. The molecule has 0 fully saturated rings. The molecule has 0 bridgehead atoms. The van der Waals surface area contributed by atoms with E-state index in [-0.39, 0.29) is 11.7 Å². The van der Waals surface area contributed by atoms with Crippen LogP contribution in [0.5, 0.6) is 5.75 Å². The Kier molecular flexibility index (Phi) is 7.42. The highest BCUT2D eigenvalue weighted by atomic mass is 32.2. The van der Waals surface area contributed by atoms with Gasteiger partial charge in [0, 0.05) is 18.5 Å². The van der Waals surface area contributed by atoms with Gasteiger partial charge in [0.2, 0.25) is 5.91 Å². The van der Waals surface area contributed by atoms with Crippen LogP contribution in [0.1, 0.15) is 16.7 Å². The van der Waals surface area contributed by atoms with E-state index in [9.17, 15) is 4.79 Å². The van der Waals surface area contributed by atoms with Crippen LogP contribution >= 0.6 is 11.8 Å². The van der Waals surface area contributed by atoms with Crippen LogP contribution in [-0.2, 0) is 17.9 Å². The third-order valence-electron chi connectivity index (χ3n) is 5.14. The number of aromatic nitrogens is 2. The number of nitrogens with zero attached hydrogens (tertiary/aromatic N) is 2. The summed E-state index contributed by atoms with van der Waals surface area (Å²) >= 11 is 1.33. The predicted octanol–water partition coefficient (Wildman–Crippen LogP) is 4.97. The molecule has 4 rings (SSSR count). The highest BCUT2D eigenvalue weighted by molar-refractivity contribution is 7.99. The molecule has 0 saturated carbocycles. The van der Waals surface area contributed by atoms with E-state index in [1.54, 1.807) is 7.11 Å². The second-order valence-electron chi connectivity index (χ2n) is 7.62. The molecule has 4 aromatic rings. The number of amides is 1. The lowest BCUT2D eigenvalue weighted by molar-refractivity contribution is -0.118. The Balaban J connectivity index is 1.40. The highest BCUT2D eigenvalue weighted by Crippen LogP contribution is 2.25.